The standard InChI is InChI=1S/C23H30N6O.HI/c1-5-24-23(26-14-20-10-9-17(4)11-21(20)30-16(2)3)25-13-18-7-6-8-19(12-18)22-27-15-28-29-22;/h6-12,15-16H,5,13-14H2,1-4H3,(H2,24,25,26)(H,27,28,29);1H. The van der Waals surface area contributed by atoms with E-state index in [0.29, 0.717) is 13.1 Å². The van der Waals surface area contributed by atoms with E-state index in [0.717, 1.165) is 40.8 Å². The number of hydrogen-bond donors (Lipinski definition) is 3. The maximum atomic E-state index is 5.98. The minimum atomic E-state index is 0. The molecule has 0 atom stereocenters. The van der Waals surface area contributed by atoms with Crippen molar-refractivity contribution in [2.45, 2.75) is 46.9 Å². The molecule has 0 bridgehead atoms. The third-order valence-electron chi connectivity index (χ3n) is 4.41. The first-order valence-corrected chi connectivity index (χ1v) is 10.3. The van der Waals surface area contributed by atoms with E-state index in [2.05, 4.69) is 70.0 Å². The fourth-order valence-corrected chi connectivity index (χ4v) is 3.02. The van der Waals surface area contributed by atoms with Crippen LogP contribution in [0.5, 0.6) is 5.75 Å². The number of nitrogens with one attached hydrogen (secondary N) is 3. The number of rotatable bonds is 8. The number of aryl methyl sites for hydroxylation is 1. The Balaban J connectivity index is 0.00000341. The summed E-state index contributed by atoms with van der Waals surface area (Å²) in [5.74, 6) is 2.43. The molecule has 3 aromatic rings. The highest BCUT2D eigenvalue weighted by Gasteiger charge is 2.08. The van der Waals surface area contributed by atoms with Crippen LogP contribution in [0.2, 0.25) is 0 Å². The molecule has 0 amide bonds. The quantitative estimate of drug-likeness (QED) is 0.226. The van der Waals surface area contributed by atoms with Crippen molar-refractivity contribution in [2.75, 3.05) is 6.54 Å². The van der Waals surface area contributed by atoms with Gasteiger partial charge in [-0.1, -0.05) is 30.3 Å². The molecule has 0 saturated heterocycles. The van der Waals surface area contributed by atoms with Crippen LogP contribution in [0.15, 0.2) is 53.8 Å². The van der Waals surface area contributed by atoms with Gasteiger partial charge in [0.25, 0.3) is 0 Å². The molecule has 1 aromatic heterocycles. The predicted octanol–water partition coefficient (Wildman–Crippen LogP) is 4.44. The zero-order valence-electron chi connectivity index (χ0n) is 18.5. The third kappa shape index (κ3) is 7.54. The molecule has 2 aromatic carbocycles. The smallest absolute Gasteiger partial charge is 0.191 e. The van der Waals surface area contributed by atoms with Gasteiger partial charge in [0, 0.05) is 24.2 Å². The lowest BCUT2D eigenvalue weighted by Crippen LogP contribution is -2.36. The number of ether oxygens (including phenoxy) is 1. The van der Waals surface area contributed by atoms with Gasteiger partial charge in [-0.3, -0.25) is 5.10 Å². The monoisotopic (exact) mass is 534 g/mol. The Morgan fingerprint density at radius 2 is 2.00 bits per heavy atom. The molecule has 0 spiro atoms. The number of aromatic amines is 1. The molecule has 0 saturated carbocycles. The highest BCUT2D eigenvalue weighted by molar-refractivity contribution is 14.0. The van der Waals surface area contributed by atoms with Crippen molar-refractivity contribution in [3.8, 4) is 17.1 Å². The van der Waals surface area contributed by atoms with Gasteiger partial charge in [-0.05, 0) is 51.0 Å². The topological polar surface area (TPSA) is 87.2 Å². The molecule has 31 heavy (non-hydrogen) atoms. The Morgan fingerprint density at radius 1 is 1.16 bits per heavy atom. The average molecular weight is 534 g/mol. The van der Waals surface area contributed by atoms with Gasteiger partial charge in [0.05, 0.1) is 12.6 Å². The van der Waals surface area contributed by atoms with Crippen LogP contribution in [0.25, 0.3) is 11.4 Å². The van der Waals surface area contributed by atoms with Gasteiger partial charge in [-0.25, -0.2) is 9.98 Å². The van der Waals surface area contributed by atoms with E-state index < -0.39 is 0 Å². The fraction of sp³-hybridized carbons (Fsp3) is 0.348. The van der Waals surface area contributed by atoms with Crippen LogP contribution in [0.4, 0.5) is 0 Å². The van der Waals surface area contributed by atoms with Gasteiger partial charge in [-0.15, -0.1) is 24.0 Å². The number of benzene rings is 2. The molecule has 7 nitrogen and oxygen atoms in total. The number of nitrogens with zero attached hydrogens (tertiary/aromatic N) is 3. The molecule has 8 heteroatoms. The van der Waals surface area contributed by atoms with Crippen molar-refractivity contribution in [1.29, 1.82) is 0 Å². The lowest BCUT2D eigenvalue weighted by molar-refractivity contribution is 0.239. The minimum absolute atomic E-state index is 0. The molecule has 0 aliphatic heterocycles. The highest BCUT2D eigenvalue weighted by Crippen LogP contribution is 2.21. The van der Waals surface area contributed by atoms with E-state index >= 15 is 0 Å². The number of aliphatic imine (C=N–C) groups is 1. The van der Waals surface area contributed by atoms with Crippen LogP contribution in [0.1, 0.15) is 37.5 Å². The first-order valence-electron chi connectivity index (χ1n) is 10.3. The average Bonchev–Trinajstić information content (AvgIpc) is 3.26. The molecule has 1 heterocycles. The number of guanidine groups is 1. The Bertz CT molecular complexity index is 972. The summed E-state index contributed by atoms with van der Waals surface area (Å²) in [7, 11) is 0. The number of halogens is 1. The summed E-state index contributed by atoms with van der Waals surface area (Å²) >= 11 is 0. The zero-order chi connectivity index (χ0) is 21.3. The van der Waals surface area contributed by atoms with Gasteiger partial charge < -0.3 is 15.4 Å². The minimum Gasteiger partial charge on any atom is -0.491 e. The van der Waals surface area contributed by atoms with Gasteiger partial charge in [0.2, 0.25) is 0 Å². The molecule has 0 aliphatic carbocycles. The molecule has 166 valence electrons. The number of aromatic nitrogens is 3. The van der Waals surface area contributed by atoms with Crippen LogP contribution in [-0.4, -0.2) is 33.8 Å². The van der Waals surface area contributed by atoms with Crippen molar-refractivity contribution in [3.63, 3.8) is 0 Å². The van der Waals surface area contributed by atoms with Crippen LogP contribution in [0.3, 0.4) is 0 Å². The Morgan fingerprint density at radius 3 is 2.71 bits per heavy atom. The first kappa shape index (κ1) is 24.6. The molecule has 0 unspecified atom stereocenters. The van der Waals surface area contributed by atoms with Crippen LogP contribution in [0, 0.1) is 6.92 Å². The predicted molar refractivity (Wildman–Crippen MR) is 136 cm³/mol. The van der Waals surface area contributed by atoms with Gasteiger partial charge >= 0.3 is 0 Å². The second-order valence-electron chi connectivity index (χ2n) is 7.36. The summed E-state index contributed by atoms with van der Waals surface area (Å²) in [6.45, 7) is 10.2. The molecular weight excluding hydrogens is 503 g/mol. The second-order valence-corrected chi connectivity index (χ2v) is 7.36. The summed E-state index contributed by atoms with van der Waals surface area (Å²) in [5.41, 5.74) is 4.38. The Labute approximate surface area is 201 Å². The molecule has 3 rings (SSSR count). The third-order valence-corrected chi connectivity index (χ3v) is 4.41. The van der Waals surface area contributed by atoms with Gasteiger partial charge in [0.15, 0.2) is 11.8 Å². The molecule has 0 aliphatic rings. The lowest BCUT2D eigenvalue weighted by atomic mass is 10.1. The van der Waals surface area contributed by atoms with E-state index in [1.165, 1.54) is 11.9 Å². The molecule has 0 fully saturated rings. The molecule has 0 radical (unpaired) electrons. The van der Waals surface area contributed by atoms with Crippen molar-refractivity contribution in [1.82, 2.24) is 25.8 Å². The number of H-pyrrole nitrogens is 1. The van der Waals surface area contributed by atoms with E-state index in [4.69, 9.17) is 9.73 Å². The van der Waals surface area contributed by atoms with Crippen molar-refractivity contribution in [3.05, 3.63) is 65.5 Å². The first-order chi connectivity index (χ1) is 14.5. The van der Waals surface area contributed by atoms with Crippen LogP contribution < -0.4 is 15.4 Å². The van der Waals surface area contributed by atoms with Gasteiger partial charge in [0.1, 0.15) is 12.1 Å². The summed E-state index contributed by atoms with van der Waals surface area (Å²) in [5, 5.41) is 13.5. The van der Waals surface area contributed by atoms with E-state index in [-0.39, 0.29) is 30.1 Å². The Kier molecular flexibility index (Phi) is 9.77. The zero-order valence-corrected chi connectivity index (χ0v) is 20.8. The van der Waals surface area contributed by atoms with Gasteiger partial charge in [-0.2, -0.15) is 5.10 Å². The normalized spacial score (nSPS) is 11.2. The summed E-state index contributed by atoms with van der Waals surface area (Å²) < 4.78 is 5.98. The fourth-order valence-electron chi connectivity index (χ4n) is 3.02. The largest absolute Gasteiger partial charge is 0.491 e. The second kappa shape index (κ2) is 12.3. The van der Waals surface area contributed by atoms with E-state index in [1.807, 2.05) is 26.0 Å². The number of hydrogen-bond acceptors (Lipinski definition) is 4. The molecular formula is C23H31IN6O. The highest BCUT2D eigenvalue weighted by atomic mass is 127. The SMILES string of the molecule is CCNC(=NCc1cccc(-c2ncn[nH]2)c1)NCc1ccc(C)cc1OC(C)C.I. The summed E-state index contributed by atoms with van der Waals surface area (Å²) in [6, 6.07) is 14.4. The Hall–Kier alpha value is -2.62. The lowest BCUT2D eigenvalue weighted by Gasteiger charge is -2.17. The van der Waals surface area contributed by atoms with E-state index in [9.17, 15) is 0 Å². The van der Waals surface area contributed by atoms with Crippen molar-refractivity contribution >= 4 is 29.9 Å². The van der Waals surface area contributed by atoms with Crippen LogP contribution in [-0.2, 0) is 13.1 Å². The van der Waals surface area contributed by atoms with Crippen molar-refractivity contribution < 1.29 is 4.74 Å². The summed E-state index contributed by atoms with van der Waals surface area (Å²) in [6.07, 6.45) is 1.64. The summed E-state index contributed by atoms with van der Waals surface area (Å²) in [4.78, 5) is 8.95. The van der Waals surface area contributed by atoms with E-state index in [1.54, 1.807) is 0 Å². The van der Waals surface area contributed by atoms with Crippen LogP contribution >= 0.6 is 24.0 Å². The maximum absolute atomic E-state index is 5.98. The molecule has 3 N–H and O–H groups in total. The van der Waals surface area contributed by atoms with Crippen molar-refractivity contribution in [2.24, 2.45) is 4.99 Å². The maximum Gasteiger partial charge on any atom is 0.191 e.